The lowest BCUT2D eigenvalue weighted by Gasteiger charge is -2.29. The molecule has 1 aliphatic carbocycles. The normalized spacial score (nSPS) is 27.7. The molecule has 1 saturated carbocycles. The van der Waals surface area contributed by atoms with Crippen molar-refractivity contribution >= 4 is 17.8 Å². The fourth-order valence-electron chi connectivity index (χ4n) is 4.55. The highest BCUT2D eigenvalue weighted by molar-refractivity contribution is 7.99. The number of rotatable bonds is 7. The van der Waals surface area contributed by atoms with E-state index in [-0.39, 0.29) is 23.1 Å². The molecule has 31 heavy (non-hydrogen) atoms. The van der Waals surface area contributed by atoms with Crippen LogP contribution in [0.4, 0.5) is 17.6 Å². The number of halogens is 4. The van der Waals surface area contributed by atoms with Crippen molar-refractivity contribution in [2.45, 2.75) is 88.7 Å². The Morgan fingerprint density at radius 1 is 1.10 bits per heavy atom. The fraction of sp³-hybridized carbons (Fsp3) is 0.680. The molecule has 0 amide bonds. The standard InChI is InChI=1S/C25H34F4OS/c1-3-4-15-31-21-12-7-18(8-13-21)22-14-9-19(23(24(22)26)25(27,28)29)6-11-20-10-5-17(2)16-30-20/h6,9,11,14,17-18,20-21H,3-5,7-8,10,12-13,15-16H2,1-2H3/b11-6+. The van der Waals surface area contributed by atoms with Crippen LogP contribution in [0.3, 0.4) is 0 Å². The van der Waals surface area contributed by atoms with E-state index < -0.39 is 17.6 Å². The summed E-state index contributed by atoms with van der Waals surface area (Å²) in [7, 11) is 0. The van der Waals surface area contributed by atoms with Crippen LogP contribution in [0.2, 0.25) is 0 Å². The molecule has 2 atom stereocenters. The summed E-state index contributed by atoms with van der Waals surface area (Å²) in [6, 6.07) is 3.01. The Bertz CT molecular complexity index is 730. The van der Waals surface area contributed by atoms with Gasteiger partial charge in [0.15, 0.2) is 0 Å². The summed E-state index contributed by atoms with van der Waals surface area (Å²) in [5.41, 5.74) is -1.02. The van der Waals surface area contributed by atoms with Crippen LogP contribution in [0.1, 0.15) is 87.8 Å². The van der Waals surface area contributed by atoms with Crippen molar-refractivity contribution in [1.29, 1.82) is 0 Å². The first kappa shape index (κ1) is 24.6. The Hall–Kier alpha value is -1.01. The van der Waals surface area contributed by atoms with Gasteiger partial charge in [-0.05, 0) is 73.7 Å². The van der Waals surface area contributed by atoms with Gasteiger partial charge in [0, 0.05) is 11.9 Å². The monoisotopic (exact) mass is 458 g/mol. The maximum absolute atomic E-state index is 15.2. The van der Waals surface area contributed by atoms with Gasteiger partial charge in [-0.1, -0.05) is 44.6 Å². The SMILES string of the molecule is CCCCSC1CCC(c2ccc(/C=C/C3CCC(C)CO3)c(C(F)(F)F)c2F)CC1. The lowest BCUT2D eigenvalue weighted by Crippen LogP contribution is -2.22. The second-order valence-corrected chi connectivity index (χ2v) is 10.5. The molecule has 174 valence electrons. The van der Waals surface area contributed by atoms with Crippen LogP contribution < -0.4 is 0 Å². The number of benzene rings is 1. The molecule has 0 spiro atoms. The van der Waals surface area contributed by atoms with E-state index in [2.05, 4.69) is 13.8 Å². The van der Waals surface area contributed by atoms with Crippen LogP contribution >= 0.6 is 11.8 Å². The summed E-state index contributed by atoms with van der Waals surface area (Å²) in [6.07, 6.45) is 5.60. The Balaban J connectivity index is 1.73. The van der Waals surface area contributed by atoms with E-state index in [1.807, 2.05) is 11.8 Å². The Kier molecular flexibility index (Phi) is 8.91. The quantitative estimate of drug-likeness (QED) is 0.301. The zero-order chi connectivity index (χ0) is 22.4. The zero-order valence-electron chi connectivity index (χ0n) is 18.5. The Morgan fingerprint density at radius 2 is 1.84 bits per heavy atom. The molecule has 1 saturated heterocycles. The predicted octanol–water partition coefficient (Wildman–Crippen LogP) is 8.23. The molecule has 0 N–H and O–H groups in total. The first-order chi connectivity index (χ1) is 14.8. The van der Waals surface area contributed by atoms with Crippen LogP contribution in [-0.4, -0.2) is 23.7 Å². The van der Waals surface area contributed by atoms with Crippen molar-refractivity contribution in [2.24, 2.45) is 5.92 Å². The molecule has 1 nitrogen and oxygen atoms in total. The second-order valence-electron chi connectivity index (χ2n) is 9.04. The molecule has 2 aliphatic rings. The Morgan fingerprint density at radius 3 is 2.45 bits per heavy atom. The van der Waals surface area contributed by atoms with Gasteiger partial charge in [-0.3, -0.25) is 0 Å². The maximum Gasteiger partial charge on any atom is 0.419 e. The van der Waals surface area contributed by atoms with E-state index in [4.69, 9.17) is 4.74 Å². The number of ether oxygens (including phenoxy) is 1. The van der Waals surface area contributed by atoms with Crippen molar-refractivity contribution in [3.05, 3.63) is 40.7 Å². The topological polar surface area (TPSA) is 9.23 Å². The van der Waals surface area contributed by atoms with E-state index in [1.165, 1.54) is 25.0 Å². The summed E-state index contributed by atoms with van der Waals surface area (Å²) in [5.74, 6) is 0.371. The van der Waals surface area contributed by atoms with Gasteiger partial charge >= 0.3 is 6.18 Å². The minimum absolute atomic E-state index is 0.111. The average molecular weight is 459 g/mol. The van der Waals surface area contributed by atoms with E-state index in [9.17, 15) is 13.2 Å². The maximum atomic E-state index is 15.2. The van der Waals surface area contributed by atoms with Crippen molar-refractivity contribution in [3.8, 4) is 0 Å². The Labute approximate surface area is 188 Å². The van der Waals surface area contributed by atoms with Gasteiger partial charge in [-0.25, -0.2) is 4.39 Å². The molecule has 0 aromatic heterocycles. The van der Waals surface area contributed by atoms with Gasteiger partial charge in [0.2, 0.25) is 0 Å². The molecular weight excluding hydrogens is 424 g/mol. The van der Waals surface area contributed by atoms with Gasteiger partial charge in [0.1, 0.15) is 5.82 Å². The lowest BCUT2D eigenvalue weighted by molar-refractivity contribution is -0.140. The smallest absolute Gasteiger partial charge is 0.374 e. The van der Waals surface area contributed by atoms with E-state index in [0.717, 1.165) is 44.3 Å². The molecular formula is C25H34F4OS. The van der Waals surface area contributed by atoms with Gasteiger partial charge in [0.25, 0.3) is 0 Å². The summed E-state index contributed by atoms with van der Waals surface area (Å²) in [4.78, 5) is 0. The molecule has 1 aromatic carbocycles. The number of thioether (sulfide) groups is 1. The van der Waals surface area contributed by atoms with Gasteiger partial charge in [-0.15, -0.1) is 0 Å². The predicted molar refractivity (Wildman–Crippen MR) is 121 cm³/mol. The van der Waals surface area contributed by atoms with Crippen molar-refractivity contribution in [3.63, 3.8) is 0 Å². The summed E-state index contributed by atoms with van der Waals surface area (Å²) >= 11 is 1.96. The molecule has 6 heteroatoms. The second kappa shape index (κ2) is 11.2. The lowest BCUT2D eigenvalue weighted by atomic mass is 9.82. The highest BCUT2D eigenvalue weighted by Gasteiger charge is 2.38. The molecule has 1 aliphatic heterocycles. The minimum Gasteiger partial charge on any atom is -0.374 e. The molecule has 1 heterocycles. The highest BCUT2D eigenvalue weighted by atomic mass is 32.2. The van der Waals surface area contributed by atoms with E-state index >= 15 is 4.39 Å². The first-order valence-electron chi connectivity index (χ1n) is 11.6. The largest absolute Gasteiger partial charge is 0.419 e. The first-order valence-corrected chi connectivity index (χ1v) is 12.7. The molecule has 3 rings (SSSR count). The fourth-order valence-corrected chi connectivity index (χ4v) is 5.94. The summed E-state index contributed by atoms with van der Waals surface area (Å²) in [6.45, 7) is 4.86. The van der Waals surface area contributed by atoms with Gasteiger partial charge in [0.05, 0.1) is 11.7 Å². The summed E-state index contributed by atoms with van der Waals surface area (Å²) in [5, 5.41) is 0.549. The third-order valence-corrected chi connectivity index (χ3v) is 7.95. The zero-order valence-corrected chi connectivity index (χ0v) is 19.3. The van der Waals surface area contributed by atoms with E-state index in [1.54, 1.807) is 12.1 Å². The van der Waals surface area contributed by atoms with Gasteiger partial charge < -0.3 is 4.74 Å². The molecule has 2 fully saturated rings. The van der Waals surface area contributed by atoms with Crippen molar-refractivity contribution in [2.75, 3.05) is 12.4 Å². The van der Waals surface area contributed by atoms with Gasteiger partial charge in [-0.2, -0.15) is 24.9 Å². The number of hydrogen-bond acceptors (Lipinski definition) is 2. The third kappa shape index (κ3) is 6.74. The van der Waals surface area contributed by atoms with Crippen LogP contribution in [0.15, 0.2) is 18.2 Å². The molecule has 0 radical (unpaired) electrons. The van der Waals surface area contributed by atoms with Crippen molar-refractivity contribution in [1.82, 2.24) is 0 Å². The van der Waals surface area contributed by atoms with Crippen LogP contribution in [0.5, 0.6) is 0 Å². The van der Waals surface area contributed by atoms with Crippen LogP contribution in [-0.2, 0) is 10.9 Å². The highest BCUT2D eigenvalue weighted by Crippen LogP contribution is 2.43. The number of alkyl halides is 3. The minimum atomic E-state index is -4.73. The van der Waals surface area contributed by atoms with Crippen molar-refractivity contribution < 1.29 is 22.3 Å². The third-order valence-electron chi connectivity index (χ3n) is 6.48. The number of unbranched alkanes of at least 4 members (excludes halogenated alkanes) is 1. The van der Waals surface area contributed by atoms with E-state index in [0.29, 0.717) is 17.8 Å². The average Bonchev–Trinajstić information content (AvgIpc) is 2.73. The molecule has 2 unspecified atom stereocenters. The molecule has 1 aromatic rings. The number of hydrogen-bond donors (Lipinski definition) is 0. The van der Waals surface area contributed by atoms with Crippen LogP contribution in [0, 0.1) is 11.7 Å². The summed E-state index contributed by atoms with van der Waals surface area (Å²) < 4.78 is 62.3. The van der Waals surface area contributed by atoms with Crippen LogP contribution in [0.25, 0.3) is 6.08 Å². The molecule has 0 bridgehead atoms.